The molecule has 0 aliphatic rings. The fourth-order valence-electron chi connectivity index (χ4n) is 1.11. The molecule has 0 fully saturated rings. The summed E-state index contributed by atoms with van der Waals surface area (Å²) in [4.78, 5) is 3.53. The number of pyridine rings is 1. The van der Waals surface area contributed by atoms with Crippen molar-refractivity contribution < 1.29 is 26.7 Å². The zero-order valence-corrected chi connectivity index (χ0v) is 10.2. The highest BCUT2D eigenvalue weighted by Crippen LogP contribution is 2.37. The zero-order valence-electron chi connectivity index (χ0n) is 8.06. The van der Waals surface area contributed by atoms with Crippen LogP contribution in [0.5, 0.6) is 5.75 Å². The number of rotatable bonds is 3. The van der Waals surface area contributed by atoms with Crippen molar-refractivity contribution in [3.8, 4) is 5.75 Å². The van der Waals surface area contributed by atoms with E-state index in [0.717, 1.165) is 6.20 Å². The topological polar surface area (TPSA) is 48.1 Å². The maximum absolute atomic E-state index is 12.7. The van der Waals surface area contributed by atoms with Crippen LogP contribution in [0, 0.1) is 3.57 Å². The second-order valence-electron chi connectivity index (χ2n) is 2.85. The predicted molar refractivity (Wildman–Crippen MR) is 56.5 cm³/mol. The highest BCUT2D eigenvalue weighted by atomic mass is 127. The number of hydrogen-bond donors (Lipinski definition) is 1. The molecule has 0 spiro atoms. The molecule has 9 heteroatoms. The van der Waals surface area contributed by atoms with Gasteiger partial charge in [0, 0.05) is 16.3 Å². The third kappa shape index (κ3) is 3.63. The van der Waals surface area contributed by atoms with Crippen LogP contribution in [0.3, 0.4) is 0 Å². The van der Waals surface area contributed by atoms with Crippen LogP contribution >= 0.6 is 22.6 Å². The molecule has 2 N–H and O–H groups in total. The summed E-state index contributed by atoms with van der Waals surface area (Å²) in [7, 11) is 0. The first-order valence-electron chi connectivity index (χ1n) is 4.17. The molecule has 1 rings (SSSR count). The van der Waals surface area contributed by atoms with Crippen LogP contribution in [0.2, 0.25) is 0 Å². The van der Waals surface area contributed by atoms with Gasteiger partial charge in [-0.2, -0.15) is 0 Å². The number of ether oxygens (including phenoxy) is 1. The molecule has 0 aromatic carbocycles. The highest BCUT2D eigenvalue weighted by Gasteiger charge is 2.35. The Bertz CT molecular complexity index is 410. The molecule has 0 atom stereocenters. The van der Waals surface area contributed by atoms with Gasteiger partial charge in [-0.3, -0.25) is 4.98 Å². The van der Waals surface area contributed by atoms with Gasteiger partial charge in [-0.05, 0) is 22.6 Å². The minimum atomic E-state index is -5.07. The van der Waals surface area contributed by atoms with Gasteiger partial charge in [0.15, 0.2) is 5.75 Å². The van der Waals surface area contributed by atoms with Crippen molar-refractivity contribution >= 4 is 22.6 Å². The van der Waals surface area contributed by atoms with E-state index in [1.165, 1.54) is 22.6 Å². The molecule has 0 bridgehead atoms. The molecule has 0 unspecified atom stereocenters. The minimum Gasteiger partial charge on any atom is -0.403 e. The van der Waals surface area contributed by atoms with E-state index >= 15 is 0 Å². The van der Waals surface area contributed by atoms with Gasteiger partial charge in [-0.1, -0.05) is 0 Å². The van der Waals surface area contributed by atoms with Gasteiger partial charge >= 0.3 is 6.36 Å². The lowest BCUT2D eigenvalue weighted by Gasteiger charge is -2.16. The summed E-state index contributed by atoms with van der Waals surface area (Å²) in [5.41, 5.74) is 3.92. The van der Waals surface area contributed by atoms with E-state index in [1.807, 2.05) is 0 Å². The lowest BCUT2D eigenvalue weighted by Crippen LogP contribution is -2.21. The summed E-state index contributed by atoms with van der Waals surface area (Å²) in [5.74, 6) is -1.01. The number of halogens is 6. The van der Waals surface area contributed by atoms with E-state index in [4.69, 9.17) is 5.73 Å². The minimum absolute atomic E-state index is 0.117. The molecule has 1 aromatic heterocycles. The molecule has 0 aliphatic carbocycles. The first-order valence-corrected chi connectivity index (χ1v) is 5.25. The zero-order chi connectivity index (χ0) is 13.2. The van der Waals surface area contributed by atoms with E-state index in [9.17, 15) is 22.0 Å². The quantitative estimate of drug-likeness (QED) is 0.659. The SMILES string of the molecule is NCc1ncc(I)c(C(F)F)c1OC(F)(F)F. The number of hydrogen-bond acceptors (Lipinski definition) is 3. The van der Waals surface area contributed by atoms with Crippen LogP contribution in [0.4, 0.5) is 22.0 Å². The Balaban J connectivity index is 3.35. The summed E-state index contributed by atoms with van der Waals surface area (Å²) in [5, 5.41) is 0. The fraction of sp³-hybridized carbons (Fsp3) is 0.375. The molecular weight excluding hydrogens is 362 g/mol. The molecular formula is C8H6F5IN2O. The van der Waals surface area contributed by atoms with Crippen LogP contribution < -0.4 is 10.5 Å². The lowest BCUT2D eigenvalue weighted by atomic mass is 10.2. The number of nitrogens with two attached hydrogens (primary N) is 1. The summed E-state index contributed by atoms with van der Waals surface area (Å²) in [6.07, 6.45) is -7.15. The monoisotopic (exact) mass is 368 g/mol. The van der Waals surface area contributed by atoms with Crippen molar-refractivity contribution in [1.82, 2.24) is 4.98 Å². The van der Waals surface area contributed by atoms with Crippen molar-refractivity contribution in [3.63, 3.8) is 0 Å². The van der Waals surface area contributed by atoms with E-state index < -0.39 is 30.6 Å². The molecule has 0 radical (unpaired) electrons. The number of nitrogens with zero attached hydrogens (tertiary/aromatic N) is 1. The van der Waals surface area contributed by atoms with Crippen molar-refractivity contribution in [2.24, 2.45) is 5.73 Å². The Morgan fingerprint density at radius 1 is 1.41 bits per heavy atom. The number of alkyl halides is 5. The van der Waals surface area contributed by atoms with Crippen molar-refractivity contribution in [2.45, 2.75) is 19.3 Å². The largest absolute Gasteiger partial charge is 0.573 e. The Kier molecular flexibility index (Phi) is 4.47. The maximum Gasteiger partial charge on any atom is 0.573 e. The van der Waals surface area contributed by atoms with E-state index in [-0.39, 0.29) is 9.26 Å². The predicted octanol–water partition coefficient (Wildman–Crippen LogP) is 2.98. The van der Waals surface area contributed by atoms with Gasteiger partial charge in [-0.25, -0.2) is 8.78 Å². The lowest BCUT2D eigenvalue weighted by molar-refractivity contribution is -0.275. The van der Waals surface area contributed by atoms with Crippen molar-refractivity contribution in [1.29, 1.82) is 0 Å². The Morgan fingerprint density at radius 2 is 2.00 bits per heavy atom. The third-order valence-corrected chi connectivity index (χ3v) is 2.59. The van der Waals surface area contributed by atoms with Crippen LogP contribution in [0.25, 0.3) is 0 Å². The standard InChI is InChI=1S/C8H6F5IN2O/c9-7(10)5-3(14)2-16-4(1-15)6(5)17-8(11,12)13/h2,7H,1,15H2. The molecule has 0 saturated carbocycles. The highest BCUT2D eigenvalue weighted by molar-refractivity contribution is 14.1. The summed E-state index contributed by atoms with van der Waals surface area (Å²) >= 11 is 1.46. The Labute approximate surface area is 106 Å². The van der Waals surface area contributed by atoms with Gasteiger partial charge in [0.2, 0.25) is 0 Å². The van der Waals surface area contributed by atoms with Gasteiger partial charge in [-0.15, -0.1) is 13.2 Å². The first kappa shape index (κ1) is 14.4. The second kappa shape index (κ2) is 5.29. The summed E-state index contributed by atoms with van der Waals surface area (Å²) < 4.78 is 65.1. The molecule has 17 heavy (non-hydrogen) atoms. The molecule has 0 saturated heterocycles. The Hall–Kier alpha value is -0.710. The summed E-state index contributed by atoms with van der Waals surface area (Å²) in [6.45, 7) is -0.429. The molecule has 96 valence electrons. The smallest absolute Gasteiger partial charge is 0.403 e. The van der Waals surface area contributed by atoms with Crippen molar-refractivity contribution in [2.75, 3.05) is 0 Å². The van der Waals surface area contributed by atoms with Gasteiger partial charge in [0.05, 0.1) is 11.3 Å². The van der Waals surface area contributed by atoms with Gasteiger partial charge in [0.25, 0.3) is 6.43 Å². The molecule has 0 aliphatic heterocycles. The van der Waals surface area contributed by atoms with Crippen molar-refractivity contribution in [3.05, 3.63) is 21.0 Å². The molecule has 0 amide bonds. The summed E-state index contributed by atoms with van der Waals surface area (Å²) in [6, 6.07) is 0. The van der Waals surface area contributed by atoms with Gasteiger partial charge in [0.1, 0.15) is 0 Å². The van der Waals surface area contributed by atoms with Gasteiger partial charge < -0.3 is 10.5 Å². The average molecular weight is 368 g/mol. The second-order valence-corrected chi connectivity index (χ2v) is 4.01. The Morgan fingerprint density at radius 3 is 2.41 bits per heavy atom. The molecule has 1 aromatic rings. The third-order valence-electron chi connectivity index (χ3n) is 1.73. The van der Waals surface area contributed by atoms with E-state index in [0.29, 0.717) is 0 Å². The fourth-order valence-corrected chi connectivity index (χ4v) is 1.72. The first-order chi connectivity index (χ1) is 7.76. The van der Waals surface area contributed by atoms with E-state index in [1.54, 1.807) is 0 Å². The normalized spacial score (nSPS) is 12.0. The molecule has 3 nitrogen and oxygen atoms in total. The van der Waals surface area contributed by atoms with Crippen LogP contribution in [-0.4, -0.2) is 11.3 Å². The number of aromatic nitrogens is 1. The van der Waals surface area contributed by atoms with E-state index in [2.05, 4.69) is 9.72 Å². The average Bonchev–Trinajstić information content (AvgIpc) is 2.15. The van der Waals surface area contributed by atoms with Crippen LogP contribution in [0.15, 0.2) is 6.20 Å². The maximum atomic E-state index is 12.7. The van der Waals surface area contributed by atoms with Crippen LogP contribution in [0.1, 0.15) is 17.7 Å². The molecule has 1 heterocycles. The van der Waals surface area contributed by atoms with Crippen LogP contribution in [-0.2, 0) is 6.54 Å².